The molecule has 0 bridgehead atoms. The Morgan fingerprint density at radius 3 is 2.70 bits per heavy atom. The summed E-state index contributed by atoms with van der Waals surface area (Å²) in [5, 5.41) is 3.19. The lowest BCUT2D eigenvalue weighted by Crippen LogP contribution is -2.46. The van der Waals surface area contributed by atoms with Crippen molar-refractivity contribution < 1.29 is 23.8 Å². The maximum Gasteiger partial charge on any atom is 0.231 e. The average Bonchev–Trinajstić information content (AvgIpc) is 3.52. The second kappa shape index (κ2) is 8.10. The molecule has 4 aliphatic rings. The second-order valence-electron chi connectivity index (χ2n) is 9.06. The first-order valence-corrected chi connectivity index (χ1v) is 11.2. The summed E-state index contributed by atoms with van der Waals surface area (Å²) < 4.78 is 16.6. The molecule has 5 rings (SSSR count). The number of fused-ring (bicyclic) bond motifs is 1. The number of nitrogens with zero attached hydrogens (tertiary/aromatic N) is 1. The predicted octanol–water partition coefficient (Wildman–Crippen LogP) is 2.37. The van der Waals surface area contributed by atoms with E-state index < -0.39 is 0 Å². The van der Waals surface area contributed by atoms with E-state index in [2.05, 4.69) is 11.4 Å². The standard InChI is InChI=1S/C23H30N2O5/c26-21-11-16(13-25(21)18-3-1-2-4-18)22(27)24-14-23(7-9-28-10-8-23)17-5-6-19-20(12-17)30-15-29-19/h5-6,12,16,18H,1-4,7-11,13-15H2,(H,24,27). The van der Waals surface area contributed by atoms with Gasteiger partial charge in [-0.2, -0.15) is 0 Å². The smallest absolute Gasteiger partial charge is 0.231 e. The summed E-state index contributed by atoms with van der Waals surface area (Å²) in [5.74, 6) is 1.42. The minimum atomic E-state index is -0.244. The molecule has 3 fully saturated rings. The van der Waals surface area contributed by atoms with E-state index in [1.54, 1.807) is 0 Å². The van der Waals surface area contributed by atoms with Gasteiger partial charge in [0.25, 0.3) is 0 Å². The number of carbonyl (C=O) groups excluding carboxylic acids is 2. The molecule has 2 saturated heterocycles. The number of likely N-dealkylation sites (tertiary alicyclic amines) is 1. The Morgan fingerprint density at radius 1 is 1.13 bits per heavy atom. The Morgan fingerprint density at radius 2 is 1.90 bits per heavy atom. The van der Waals surface area contributed by atoms with Gasteiger partial charge in [0.05, 0.1) is 5.92 Å². The number of hydrogen-bond acceptors (Lipinski definition) is 5. The highest BCUT2D eigenvalue weighted by Crippen LogP contribution is 2.40. The van der Waals surface area contributed by atoms with E-state index in [0.29, 0.717) is 38.8 Å². The minimum absolute atomic E-state index is 0.00421. The number of rotatable bonds is 5. The molecule has 3 heterocycles. The van der Waals surface area contributed by atoms with Crippen molar-refractivity contribution in [3.05, 3.63) is 23.8 Å². The van der Waals surface area contributed by atoms with Crippen LogP contribution in [-0.4, -0.2) is 55.9 Å². The van der Waals surface area contributed by atoms with Crippen LogP contribution in [0.25, 0.3) is 0 Å². The van der Waals surface area contributed by atoms with E-state index in [4.69, 9.17) is 14.2 Å². The average molecular weight is 415 g/mol. The molecule has 1 aliphatic carbocycles. The highest BCUT2D eigenvalue weighted by Gasteiger charge is 2.40. The van der Waals surface area contributed by atoms with Gasteiger partial charge in [0.1, 0.15) is 0 Å². The van der Waals surface area contributed by atoms with Gasteiger partial charge < -0.3 is 24.4 Å². The largest absolute Gasteiger partial charge is 0.454 e. The topological polar surface area (TPSA) is 77.1 Å². The van der Waals surface area contributed by atoms with Gasteiger partial charge in [-0.15, -0.1) is 0 Å². The first-order valence-electron chi connectivity index (χ1n) is 11.2. The van der Waals surface area contributed by atoms with E-state index in [1.165, 1.54) is 12.8 Å². The Hall–Kier alpha value is -2.28. The van der Waals surface area contributed by atoms with Crippen LogP contribution in [0.15, 0.2) is 18.2 Å². The first kappa shape index (κ1) is 19.7. The molecular weight excluding hydrogens is 384 g/mol. The molecule has 1 aromatic carbocycles. The lowest BCUT2D eigenvalue weighted by molar-refractivity contribution is -0.130. The Kier molecular flexibility index (Phi) is 5.31. The van der Waals surface area contributed by atoms with Gasteiger partial charge in [-0.25, -0.2) is 0 Å². The Bertz CT molecular complexity index is 814. The second-order valence-corrected chi connectivity index (χ2v) is 9.06. The van der Waals surface area contributed by atoms with Gasteiger partial charge in [-0.1, -0.05) is 18.9 Å². The normalized spacial score (nSPS) is 25.7. The van der Waals surface area contributed by atoms with Crippen molar-refractivity contribution >= 4 is 11.8 Å². The van der Waals surface area contributed by atoms with E-state index in [9.17, 15) is 9.59 Å². The van der Waals surface area contributed by atoms with Gasteiger partial charge in [0.15, 0.2) is 11.5 Å². The van der Waals surface area contributed by atoms with Crippen LogP contribution in [0, 0.1) is 5.92 Å². The lowest BCUT2D eigenvalue weighted by Gasteiger charge is -2.38. The zero-order chi connectivity index (χ0) is 20.6. The summed E-state index contributed by atoms with van der Waals surface area (Å²) in [4.78, 5) is 27.4. The van der Waals surface area contributed by atoms with E-state index in [0.717, 1.165) is 42.7 Å². The van der Waals surface area contributed by atoms with Crippen LogP contribution in [0.2, 0.25) is 0 Å². The fourth-order valence-electron chi connectivity index (χ4n) is 5.43. The van der Waals surface area contributed by atoms with Crippen molar-refractivity contribution in [2.45, 2.75) is 56.4 Å². The van der Waals surface area contributed by atoms with Crippen LogP contribution in [0.4, 0.5) is 0 Å². The van der Waals surface area contributed by atoms with Gasteiger partial charge in [-0.05, 0) is 43.4 Å². The molecule has 3 aliphatic heterocycles. The van der Waals surface area contributed by atoms with Crippen LogP contribution in [0.1, 0.15) is 50.5 Å². The SMILES string of the molecule is O=C(NCC1(c2ccc3c(c2)OCO3)CCOCC1)C1CC(=O)N(C2CCCC2)C1. The van der Waals surface area contributed by atoms with E-state index in [1.807, 2.05) is 17.0 Å². The zero-order valence-electron chi connectivity index (χ0n) is 17.4. The molecular formula is C23H30N2O5. The number of nitrogens with one attached hydrogen (secondary N) is 1. The maximum atomic E-state index is 13.0. The highest BCUT2D eigenvalue weighted by atomic mass is 16.7. The van der Waals surface area contributed by atoms with Gasteiger partial charge >= 0.3 is 0 Å². The molecule has 7 nitrogen and oxygen atoms in total. The fraction of sp³-hybridized carbons (Fsp3) is 0.652. The third-order valence-electron chi connectivity index (χ3n) is 7.33. The summed E-state index contributed by atoms with van der Waals surface area (Å²) >= 11 is 0. The van der Waals surface area contributed by atoms with Crippen molar-refractivity contribution in [3.63, 3.8) is 0 Å². The quantitative estimate of drug-likeness (QED) is 0.801. The highest BCUT2D eigenvalue weighted by molar-refractivity contribution is 5.89. The van der Waals surface area contributed by atoms with Gasteiger partial charge in [0.2, 0.25) is 18.6 Å². The predicted molar refractivity (Wildman–Crippen MR) is 109 cm³/mol. The Balaban J connectivity index is 1.27. The monoisotopic (exact) mass is 414 g/mol. The molecule has 162 valence electrons. The third-order valence-corrected chi connectivity index (χ3v) is 7.33. The van der Waals surface area contributed by atoms with E-state index >= 15 is 0 Å². The summed E-state index contributed by atoms with van der Waals surface area (Å²) in [5.41, 5.74) is 0.952. The summed E-state index contributed by atoms with van der Waals surface area (Å²) in [6, 6.07) is 6.41. The molecule has 1 aromatic rings. The van der Waals surface area contributed by atoms with Gasteiger partial charge in [-0.3, -0.25) is 9.59 Å². The molecule has 0 spiro atoms. The van der Waals surface area contributed by atoms with Crippen LogP contribution in [0.3, 0.4) is 0 Å². The van der Waals surface area contributed by atoms with Crippen LogP contribution >= 0.6 is 0 Å². The van der Waals surface area contributed by atoms with Crippen LogP contribution < -0.4 is 14.8 Å². The number of benzene rings is 1. The zero-order valence-corrected chi connectivity index (χ0v) is 17.4. The molecule has 0 aromatic heterocycles. The molecule has 30 heavy (non-hydrogen) atoms. The Labute approximate surface area is 177 Å². The number of carbonyl (C=O) groups is 2. The van der Waals surface area contributed by atoms with Gasteiger partial charge in [0, 0.05) is 44.2 Å². The molecule has 2 amide bonds. The summed E-state index contributed by atoms with van der Waals surface area (Å²) in [7, 11) is 0. The first-order chi connectivity index (χ1) is 14.6. The molecule has 1 N–H and O–H groups in total. The van der Waals surface area contributed by atoms with Crippen molar-refractivity contribution in [2.24, 2.45) is 5.92 Å². The lowest BCUT2D eigenvalue weighted by atomic mass is 9.74. The van der Waals surface area contributed by atoms with E-state index in [-0.39, 0.29) is 29.9 Å². The van der Waals surface area contributed by atoms with Crippen molar-refractivity contribution in [3.8, 4) is 11.5 Å². The minimum Gasteiger partial charge on any atom is -0.454 e. The summed E-state index contributed by atoms with van der Waals surface area (Å²) in [6.45, 7) is 2.70. The molecule has 1 atom stereocenters. The molecule has 0 radical (unpaired) electrons. The number of hydrogen-bond donors (Lipinski definition) is 1. The fourth-order valence-corrected chi connectivity index (χ4v) is 5.43. The van der Waals surface area contributed by atoms with Crippen molar-refractivity contribution in [2.75, 3.05) is 33.1 Å². The molecule has 1 saturated carbocycles. The molecule has 7 heteroatoms. The molecule has 1 unspecified atom stereocenters. The third kappa shape index (κ3) is 3.64. The maximum absolute atomic E-state index is 13.0. The van der Waals surface area contributed by atoms with Crippen molar-refractivity contribution in [1.82, 2.24) is 10.2 Å². The number of amides is 2. The summed E-state index contributed by atoms with van der Waals surface area (Å²) in [6.07, 6.45) is 6.54. The number of ether oxygens (including phenoxy) is 3. The van der Waals surface area contributed by atoms with Crippen molar-refractivity contribution in [1.29, 1.82) is 0 Å². The van der Waals surface area contributed by atoms with Crippen LogP contribution in [0.5, 0.6) is 11.5 Å². The van der Waals surface area contributed by atoms with Crippen LogP contribution in [-0.2, 0) is 19.7 Å².